The average Bonchev–Trinajstić information content (AvgIpc) is 2.78. The van der Waals surface area contributed by atoms with E-state index >= 15 is 0 Å². The van der Waals surface area contributed by atoms with Crippen LogP contribution >= 0.6 is 0 Å². The lowest BCUT2D eigenvalue weighted by molar-refractivity contribution is 0.0936. The zero-order valence-corrected chi connectivity index (χ0v) is 18.6. The van der Waals surface area contributed by atoms with Crippen LogP contribution in [0.3, 0.4) is 0 Å². The summed E-state index contributed by atoms with van der Waals surface area (Å²) in [7, 11) is -2.19. The molecule has 6 nitrogen and oxygen atoms in total. The maximum absolute atomic E-state index is 13.1. The van der Waals surface area contributed by atoms with E-state index in [-0.39, 0.29) is 28.1 Å². The highest BCUT2D eigenvalue weighted by atomic mass is 32.2. The van der Waals surface area contributed by atoms with E-state index < -0.39 is 10.0 Å². The van der Waals surface area contributed by atoms with Gasteiger partial charge < -0.3 is 10.1 Å². The number of anilines is 1. The largest absolute Gasteiger partial charge is 0.496 e. The van der Waals surface area contributed by atoms with Crippen LogP contribution in [0.4, 0.5) is 5.69 Å². The SMILES string of the molecule is CCC(NC(=O)c1ccccc1NS(=O)(=O)c1ccccc1)c1ccc(OC)c(C)c1. The van der Waals surface area contributed by atoms with Gasteiger partial charge in [0.2, 0.25) is 0 Å². The number of sulfonamides is 1. The maximum atomic E-state index is 13.1. The molecule has 0 aromatic heterocycles. The maximum Gasteiger partial charge on any atom is 0.261 e. The predicted octanol–water partition coefficient (Wildman–Crippen LogP) is 4.69. The van der Waals surface area contributed by atoms with Crippen molar-refractivity contribution in [1.29, 1.82) is 0 Å². The smallest absolute Gasteiger partial charge is 0.261 e. The molecule has 0 saturated carbocycles. The quantitative estimate of drug-likeness (QED) is 0.535. The topological polar surface area (TPSA) is 84.5 Å². The standard InChI is InChI=1S/C24H26N2O4S/c1-4-21(18-14-15-23(30-3)17(2)16-18)25-24(27)20-12-8-9-13-22(20)26-31(28,29)19-10-6-5-7-11-19/h5-16,21,26H,4H2,1-3H3,(H,25,27). The van der Waals surface area contributed by atoms with Crippen molar-refractivity contribution >= 4 is 21.6 Å². The van der Waals surface area contributed by atoms with Crippen molar-refractivity contribution in [2.75, 3.05) is 11.8 Å². The van der Waals surface area contributed by atoms with Gasteiger partial charge >= 0.3 is 0 Å². The van der Waals surface area contributed by atoms with Crippen LogP contribution in [-0.2, 0) is 10.0 Å². The summed E-state index contributed by atoms with van der Waals surface area (Å²) >= 11 is 0. The molecule has 1 amide bonds. The van der Waals surface area contributed by atoms with Crippen LogP contribution in [-0.4, -0.2) is 21.4 Å². The van der Waals surface area contributed by atoms with Crippen molar-refractivity contribution < 1.29 is 17.9 Å². The summed E-state index contributed by atoms with van der Waals surface area (Å²) in [5, 5.41) is 3.02. The first kappa shape index (κ1) is 22.4. The number of benzene rings is 3. The Morgan fingerprint density at radius 3 is 2.32 bits per heavy atom. The van der Waals surface area contributed by atoms with Gasteiger partial charge in [-0.2, -0.15) is 0 Å². The van der Waals surface area contributed by atoms with E-state index in [1.165, 1.54) is 12.1 Å². The predicted molar refractivity (Wildman–Crippen MR) is 122 cm³/mol. The van der Waals surface area contributed by atoms with Crippen LogP contribution in [0, 0.1) is 6.92 Å². The number of aryl methyl sites for hydroxylation is 1. The van der Waals surface area contributed by atoms with E-state index in [9.17, 15) is 13.2 Å². The van der Waals surface area contributed by atoms with E-state index in [1.54, 1.807) is 49.6 Å². The van der Waals surface area contributed by atoms with Gasteiger partial charge in [0.15, 0.2) is 0 Å². The number of hydrogen-bond acceptors (Lipinski definition) is 4. The first-order valence-electron chi connectivity index (χ1n) is 9.98. The lowest BCUT2D eigenvalue weighted by Crippen LogP contribution is -2.29. The van der Waals surface area contributed by atoms with Crippen molar-refractivity contribution in [2.45, 2.75) is 31.2 Å². The molecule has 0 heterocycles. The van der Waals surface area contributed by atoms with Gasteiger partial charge in [0.25, 0.3) is 15.9 Å². The van der Waals surface area contributed by atoms with Gasteiger partial charge in [-0.25, -0.2) is 8.42 Å². The fourth-order valence-corrected chi connectivity index (χ4v) is 4.45. The Morgan fingerprint density at radius 1 is 1.00 bits per heavy atom. The summed E-state index contributed by atoms with van der Waals surface area (Å²) in [4.78, 5) is 13.2. The molecule has 7 heteroatoms. The second-order valence-corrected chi connectivity index (χ2v) is 8.81. The highest BCUT2D eigenvalue weighted by Crippen LogP contribution is 2.26. The highest BCUT2D eigenvalue weighted by molar-refractivity contribution is 7.92. The number of nitrogens with one attached hydrogen (secondary N) is 2. The third kappa shape index (κ3) is 5.24. The summed E-state index contributed by atoms with van der Waals surface area (Å²) in [6, 6.07) is 20.2. The molecule has 1 atom stereocenters. The van der Waals surface area contributed by atoms with E-state index in [2.05, 4.69) is 10.0 Å². The zero-order valence-electron chi connectivity index (χ0n) is 17.8. The first-order valence-corrected chi connectivity index (χ1v) is 11.5. The summed E-state index contributed by atoms with van der Waals surface area (Å²) in [6.07, 6.45) is 0.676. The molecule has 0 spiro atoms. The zero-order chi connectivity index (χ0) is 22.4. The summed E-state index contributed by atoms with van der Waals surface area (Å²) in [5.74, 6) is 0.428. The van der Waals surface area contributed by atoms with E-state index in [4.69, 9.17) is 4.74 Å². The number of rotatable bonds is 8. The first-order chi connectivity index (χ1) is 14.9. The van der Waals surface area contributed by atoms with Crippen LogP contribution in [0.25, 0.3) is 0 Å². The van der Waals surface area contributed by atoms with Crippen molar-refractivity contribution in [1.82, 2.24) is 5.32 Å². The third-order valence-corrected chi connectivity index (χ3v) is 6.39. The van der Waals surface area contributed by atoms with Crippen molar-refractivity contribution in [3.8, 4) is 5.75 Å². The molecule has 3 rings (SSSR count). The highest BCUT2D eigenvalue weighted by Gasteiger charge is 2.21. The van der Waals surface area contributed by atoms with Crippen LogP contribution in [0.15, 0.2) is 77.7 Å². The van der Waals surface area contributed by atoms with Gasteiger partial charge in [-0.1, -0.05) is 49.4 Å². The number of carbonyl (C=O) groups excluding carboxylic acids is 1. The monoisotopic (exact) mass is 438 g/mol. The van der Waals surface area contributed by atoms with Gasteiger partial charge in [0.1, 0.15) is 5.75 Å². The van der Waals surface area contributed by atoms with Gasteiger partial charge in [0, 0.05) is 0 Å². The van der Waals surface area contributed by atoms with Gasteiger partial charge in [-0.15, -0.1) is 0 Å². The molecule has 3 aromatic rings. The van der Waals surface area contributed by atoms with Crippen LogP contribution in [0.1, 0.15) is 40.9 Å². The number of carbonyl (C=O) groups is 1. The molecular formula is C24H26N2O4S. The molecule has 0 radical (unpaired) electrons. The fourth-order valence-electron chi connectivity index (χ4n) is 3.35. The second-order valence-electron chi connectivity index (χ2n) is 7.13. The number of para-hydroxylation sites is 1. The van der Waals surface area contributed by atoms with E-state index in [1.807, 2.05) is 32.0 Å². The lowest BCUT2D eigenvalue weighted by Gasteiger charge is -2.20. The Hall–Kier alpha value is -3.32. The summed E-state index contributed by atoms with van der Waals surface area (Å²) in [6.45, 7) is 3.93. The molecular weight excluding hydrogens is 412 g/mol. The molecule has 0 aliphatic heterocycles. The molecule has 0 bridgehead atoms. The lowest BCUT2D eigenvalue weighted by atomic mass is 10.0. The molecule has 2 N–H and O–H groups in total. The Morgan fingerprint density at radius 2 is 1.68 bits per heavy atom. The van der Waals surface area contributed by atoms with Crippen molar-refractivity contribution in [3.05, 3.63) is 89.5 Å². The number of amides is 1. The van der Waals surface area contributed by atoms with E-state index in [0.717, 1.165) is 16.9 Å². The minimum absolute atomic E-state index is 0.130. The van der Waals surface area contributed by atoms with Gasteiger partial charge in [-0.05, 0) is 54.8 Å². The number of methoxy groups -OCH3 is 1. The summed E-state index contributed by atoms with van der Waals surface area (Å²) < 4.78 is 33.3. The minimum atomic E-state index is -3.81. The third-order valence-electron chi connectivity index (χ3n) is 5.00. The summed E-state index contributed by atoms with van der Waals surface area (Å²) in [5.41, 5.74) is 2.41. The van der Waals surface area contributed by atoms with Crippen molar-refractivity contribution in [3.63, 3.8) is 0 Å². The Bertz CT molecular complexity index is 1160. The second kappa shape index (κ2) is 9.66. The molecule has 3 aromatic carbocycles. The molecule has 1 unspecified atom stereocenters. The molecule has 0 aliphatic carbocycles. The fraction of sp³-hybridized carbons (Fsp3) is 0.208. The number of ether oxygens (including phenoxy) is 1. The van der Waals surface area contributed by atoms with Crippen molar-refractivity contribution in [2.24, 2.45) is 0 Å². The van der Waals surface area contributed by atoms with Gasteiger partial charge in [0.05, 0.1) is 29.3 Å². The normalized spacial score (nSPS) is 12.1. The Kier molecular flexibility index (Phi) is 6.97. The molecule has 0 fully saturated rings. The minimum Gasteiger partial charge on any atom is -0.496 e. The van der Waals surface area contributed by atoms with Crippen LogP contribution in [0.5, 0.6) is 5.75 Å². The molecule has 31 heavy (non-hydrogen) atoms. The Labute approximate surface area is 183 Å². The van der Waals surface area contributed by atoms with Crippen LogP contribution < -0.4 is 14.8 Å². The molecule has 0 saturated heterocycles. The average molecular weight is 439 g/mol. The van der Waals surface area contributed by atoms with E-state index in [0.29, 0.717) is 6.42 Å². The molecule has 162 valence electrons. The number of hydrogen-bond donors (Lipinski definition) is 2. The Balaban J connectivity index is 1.84. The molecule has 0 aliphatic rings. The van der Waals surface area contributed by atoms with Gasteiger partial charge in [-0.3, -0.25) is 9.52 Å². The van der Waals surface area contributed by atoms with Crippen LogP contribution in [0.2, 0.25) is 0 Å².